The highest BCUT2D eigenvalue weighted by Gasteiger charge is 2.12. The number of fused-ring (bicyclic) bond motifs is 1. The summed E-state index contributed by atoms with van der Waals surface area (Å²) in [6.45, 7) is 0.685. The highest BCUT2D eigenvalue weighted by molar-refractivity contribution is 5.75. The minimum absolute atomic E-state index is 0.575. The Hall–Kier alpha value is -1.38. The number of carbonyl (C=O) groups is 1. The number of hydrogen-bond donors (Lipinski definition) is 0. The summed E-state index contributed by atoms with van der Waals surface area (Å²) in [6, 6.07) is 1.72. The maximum atomic E-state index is 10.3. The smallest absolute Gasteiger partial charge is 0.151 e. The van der Waals surface area contributed by atoms with Crippen molar-refractivity contribution in [2.75, 3.05) is 6.61 Å². The van der Waals surface area contributed by atoms with E-state index in [1.807, 2.05) is 0 Å². The van der Waals surface area contributed by atoms with E-state index in [-0.39, 0.29) is 0 Å². The maximum absolute atomic E-state index is 10.3. The van der Waals surface area contributed by atoms with E-state index in [1.54, 1.807) is 12.3 Å². The van der Waals surface area contributed by atoms with Gasteiger partial charge in [0, 0.05) is 18.2 Å². The fourth-order valence-electron chi connectivity index (χ4n) is 1.12. The van der Waals surface area contributed by atoms with Crippen molar-refractivity contribution in [1.29, 1.82) is 0 Å². The molecule has 0 amide bonds. The number of ether oxygens (including phenoxy) is 1. The van der Waals surface area contributed by atoms with Crippen LogP contribution in [0.4, 0.5) is 0 Å². The van der Waals surface area contributed by atoms with Gasteiger partial charge in [0.15, 0.2) is 6.29 Å². The average molecular weight is 149 g/mol. The first-order valence-corrected chi connectivity index (χ1v) is 3.47. The molecule has 0 N–H and O–H groups in total. The lowest BCUT2D eigenvalue weighted by Crippen LogP contribution is -1.86. The van der Waals surface area contributed by atoms with Crippen molar-refractivity contribution in [2.24, 2.45) is 0 Å². The molecule has 0 unspecified atom stereocenters. The van der Waals surface area contributed by atoms with E-state index in [2.05, 4.69) is 4.98 Å². The predicted octanol–water partition coefficient (Wildman–Crippen LogP) is 0.829. The van der Waals surface area contributed by atoms with Gasteiger partial charge in [-0.25, -0.2) is 0 Å². The second-order valence-corrected chi connectivity index (χ2v) is 2.43. The van der Waals surface area contributed by atoms with Gasteiger partial charge in [-0.05, 0) is 6.07 Å². The van der Waals surface area contributed by atoms with Crippen LogP contribution in [0.15, 0.2) is 12.3 Å². The molecular formula is C8H7NO2. The van der Waals surface area contributed by atoms with Crippen molar-refractivity contribution < 1.29 is 9.53 Å². The molecule has 3 nitrogen and oxygen atoms in total. The molecule has 2 heterocycles. The second kappa shape index (κ2) is 2.34. The van der Waals surface area contributed by atoms with Crippen molar-refractivity contribution >= 4 is 6.29 Å². The minimum Gasteiger partial charge on any atom is -0.491 e. The summed E-state index contributed by atoms with van der Waals surface area (Å²) in [6.07, 6.45) is 3.20. The second-order valence-electron chi connectivity index (χ2n) is 2.43. The van der Waals surface area contributed by atoms with E-state index in [9.17, 15) is 4.79 Å². The number of hydrogen-bond acceptors (Lipinski definition) is 3. The van der Waals surface area contributed by atoms with Crippen LogP contribution in [-0.4, -0.2) is 17.9 Å². The van der Waals surface area contributed by atoms with Gasteiger partial charge in [0.2, 0.25) is 0 Å². The van der Waals surface area contributed by atoms with Gasteiger partial charge in [-0.15, -0.1) is 0 Å². The number of pyridine rings is 1. The van der Waals surface area contributed by atoms with E-state index in [4.69, 9.17) is 4.74 Å². The fourth-order valence-corrected chi connectivity index (χ4v) is 1.12. The van der Waals surface area contributed by atoms with Crippen molar-refractivity contribution in [3.8, 4) is 5.75 Å². The van der Waals surface area contributed by atoms with Gasteiger partial charge in [-0.1, -0.05) is 0 Å². The van der Waals surface area contributed by atoms with Gasteiger partial charge in [0.1, 0.15) is 5.75 Å². The molecule has 11 heavy (non-hydrogen) atoms. The van der Waals surface area contributed by atoms with Crippen LogP contribution < -0.4 is 4.74 Å². The number of carbonyl (C=O) groups excluding carboxylic acids is 1. The third-order valence-corrected chi connectivity index (χ3v) is 1.68. The molecular weight excluding hydrogens is 142 g/mol. The zero-order chi connectivity index (χ0) is 7.68. The molecule has 1 aromatic rings. The number of aldehydes is 1. The summed E-state index contributed by atoms with van der Waals surface area (Å²) < 4.78 is 5.22. The predicted molar refractivity (Wildman–Crippen MR) is 38.8 cm³/mol. The maximum Gasteiger partial charge on any atom is 0.151 e. The molecule has 0 atom stereocenters. The van der Waals surface area contributed by atoms with Crippen LogP contribution in [0.2, 0.25) is 0 Å². The zero-order valence-electron chi connectivity index (χ0n) is 5.91. The molecule has 0 aromatic carbocycles. The van der Waals surface area contributed by atoms with Gasteiger partial charge >= 0.3 is 0 Å². The summed E-state index contributed by atoms with van der Waals surface area (Å²) in [5.41, 5.74) is 1.53. The average Bonchev–Trinajstić information content (AvgIpc) is 2.50. The van der Waals surface area contributed by atoms with Gasteiger partial charge in [0.05, 0.1) is 12.3 Å². The highest BCUT2D eigenvalue weighted by Crippen LogP contribution is 2.22. The van der Waals surface area contributed by atoms with Gasteiger partial charge in [-0.2, -0.15) is 0 Å². The van der Waals surface area contributed by atoms with Crippen LogP contribution in [0.3, 0.4) is 0 Å². The minimum atomic E-state index is 0.575. The topological polar surface area (TPSA) is 39.2 Å². The summed E-state index contributed by atoms with van der Waals surface area (Å²) in [5.74, 6) is 0.759. The molecule has 1 aliphatic rings. The molecule has 1 aliphatic heterocycles. The zero-order valence-corrected chi connectivity index (χ0v) is 5.91. The fraction of sp³-hybridized carbons (Fsp3) is 0.250. The van der Waals surface area contributed by atoms with Crippen LogP contribution in [0.5, 0.6) is 5.75 Å². The summed E-state index contributed by atoms with van der Waals surface area (Å²) >= 11 is 0. The molecule has 2 rings (SSSR count). The Morgan fingerprint density at radius 3 is 3.36 bits per heavy atom. The van der Waals surface area contributed by atoms with Crippen molar-refractivity contribution in [3.63, 3.8) is 0 Å². The summed E-state index contributed by atoms with van der Waals surface area (Å²) in [7, 11) is 0. The standard InChI is InChI=1S/C8H7NO2/c10-5-6-3-8-7(9-4-6)1-2-11-8/h3-5H,1-2H2. The Bertz CT molecular complexity index is 296. The third-order valence-electron chi connectivity index (χ3n) is 1.68. The number of aromatic nitrogens is 1. The first-order chi connectivity index (χ1) is 5.40. The monoisotopic (exact) mass is 149 g/mol. The Labute approximate surface area is 64.0 Å². The van der Waals surface area contributed by atoms with Gasteiger partial charge in [0.25, 0.3) is 0 Å². The molecule has 0 saturated heterocycles. The molecule has 0 radical (unpaired) electrons. The molecule has 56 valence electrons. The lowest BCUT2D eigenvalue weighted by molar-refractivity contribution is 0.112. The van der Waals surface area contributed by atoms with E-state index in [1.165, 1.54) is 0 Å². The van der Waals surface area contributed by atoms with Gasteiger partial charge in [-0.3, -0.25) is 9.78 Å². The molecule has 0 saturated carbocycles. The van der Waals surface area contributed by atoms with E-state index in [0.29, 0.717) is 12.2 Å². The molecule has 3 heteroatoms. The van der Waals surface area contributed by atoms with Crippen LogP contribution in [0.25, 0.3) is 0 Å². The first kappa shape index (κ1) is 6.34. The van der Waals surface area contributed by atoms with Crippen molar-refractivity contribution in [1.82, 2.24) is 4.98 Å². The van der Waals surface area contributed by atoms with Gasteiger partial charge < -0.3 is 4.74 Å². The van der Waals surface area contributed by atoms with Crippen LogP contribution in [-0.2, 0) is 6.42 Å². The Morgan fingerprint density at radius 1 is 1.64 bits per heavy atom. The molecule has 0 spiro atoms. The van der Waals surface area contributed by atoms with Crippen molar-refractivity contribution in [3.05, 3.63) is 23.5 Å². The molecule has 1 aromatic heterocycles. The first-order valence-electron chi connectivity index (χ1n) is 3.47. The van der Waals surface area contributed by atoms with E-state index >= 15 is 0 Å². The Kier molecular flexibility index (Phi) is 1.35. The number of nitrogens with zero attached hydrogens (tertiary/aromatic N) is 1. The SMILES string of the molecule is O=Cc1cnc2c(c1)OCC2. The molecule has 0 bridgehead atoms. The number of rotatable bonds is 1. The lowest BCUT2D eigenvalue weighted by Gasteiger charge is -1.96. The highest BCUT2D eigenvalue weighted by atomic mass is 16.5. The molecule has 0 aliphatic carbocycles. The summed E-state index contributed by atoms with van der Waals surface area (Å²) in [4.78, 5) is 14.4. The quantitative estimate of drug-likeness (QED) is 0.555. The lowest BCUT2D eigenvalue weighted by atomic mass is 10.2. The largest absolute Gasteiger partial charge is 0.491 e. The van der Waals surface area contributed by atoms with Crippen LogP contribution in [0.1, 0.15) is 16.1 Å². The Balaban J connectivity index is 2.48. The normalized spacial score (nSPS) is 13.8. The summed E-state index contributed by atoms with van der Waals surface area (Å²) in [5, 5.41) is 0. The molecule has 0 fully saturated rings. The van der Waals surface area contributed by atoms with E-state index in [0.717, 1.165) is 24.2 Å². The Morgan fingerprint density at radius 2 is 2.55 bits per heavy atom. The van der Waals surface area contributed by atoms with Crippen molar-refractivity contribution in [2.45, 2.75) is 6.42 Å². The van der Waals surface area contributed by atoms with Crippen LogP contribution >= 0.6 is 0 Å². The van der Waals surface area contributed by atoms with Crippen LogP contribution in [0, 0.1) is 0 Å². The third kappa shape index (κ3) is 0.981. The van der Waals surface area contributed by atoms with E-state index < -0.39 is 0 Å².